The van der Waals surface area contributed by atoms with E-state index in [-0.39, 0.29) is 0 Å². The van der Waals surface area contributed by atoms with Crippen molar-refractivity contribution >= 4 is 5.97 Å². The molecule has 0 fully saturated rings. The Morgan fingerprint density at radius 1 is 1.55 bits per heavy atom. The maximum absolute atomic E-state index is 10.6. The van der Waals surface area contributed by atoms with Crippen molar-refractivity contribution in [2.45, 2.75) is 12.8 Å². The van der Waals surface area contributed by atoms with Crippen LogP contribution in [0.4, 0.5) is 0 Å². The first-order valence-corrected chi connectivity index (χ1v) is 2.88. The van der Waals surface area contributed by atoms with E-state index < -0.39 is 54.5 Å². The Morgan fingerprint density at radius 2 is 2.18 bits per heavy atom. The van der Waals surface area contributed by atoms with E-state index >= 15 is 0 Å². The van der Waals surface area contributed by atoms with Gasteiger partial charge in [0.2, 0.25) is 0 Å². The second-order valence-corrected chi connectivity index (χ2v) is 1.75. The monoisotopic (exact) mass is 157 g/mol. The molecular formula is C9H10O2. The first-order chi connectivity index (χ1) is 8.09. The predicted octanol–water partition coefficient (Wildman–Crippen LogP) is 1.70. The van der Waals surface area contributed by atoms with Gasteiger partial charge in [0.15, 0.2) is 0 Å². The molecule has 0 heterocycles. The molecule has 0 aliphatic heterocycles. The molecule has 0 bridgehead atoms. The first-order valence-electron chi connectivity index (χ1n) is 6.38. The number of hydrogen-bond acceptors (Lipinski definition) is 1. The molecule has 0 saturated heterocycles. The van der Waals surface area contributed by atoms with Crippen LogP contribution in [0.15, 0.2) is 30.2 Å². The average Bonchev–Trinajstić information content (AvgIpc) is 2.21. The molecule has 58 valence electrons. The number of benzene rings is 1. The van der Waals surface area contributed by atoms with Gasteiger partial charge >= 0.3 is 5.97 Å². The minimum absolute atomic E-state index is 0.629. The second-order valence-electron chi connectivity index (χ2n) is 1.75. The summed E-state index contributed by atoms with van der Waals surface area (Å²) in [4.78, 5) is 10.6. The number of rotatable bonds is 3. The van der Waals surface area contributed by atoms with Crippen LogP contribution in [0.5, 0.6) is 0 Å². The summed E-state index contributed by atoms with van der Waals surface area (Å²) in [5.74, 6) is -1.45. The van der Waals surface area contributed by atoms with Crippen molar-refractivity contribution in [2.24, 2.45) is 0 Å². The molecule has 2 heteroatoms. The minimum Gasteiger partial charge on any atom is -0.481 e. The van der Waals surface area contributed by atoms with Crippen LogP contribution in [0.25, 0.3) is 0 Å². The van der Waals surface area contributed by atoms with E-state index in [0.717, 1.165) is 0 Å². The molecule has 11 heavy (non-hydrogen) atoms. The lowest BCUT2D eigenvalue weighted by Crippen LogP contribution is -1.96. The van der Waals surface area contributed by atoms with Gasteiger partial charge in [-0.1, -0.05) is 30.2 Å². The molecule has 0 aliphatic carbocycles. The highest BCUT2D eigenvalue weighted by Gasteiger charge is 1.96. The second kappa shape index (κ2) is 3.76. The summed E-state index contributed by atoms with van der Waals surface area (Å²) < 4.78 is 52.3. The van der Waals surface area contributed by atoms with Crippen LogP contribution in [-0.4, -0.2) is 11.1 Å². The zero-order valence-electron chi connectivity index (χ0n) is 12.6. The highest BCUT2D eigenvalue weighted by Crippen LogP contribution is 2.01. The van der Waals surface area contributed by atoms with Gasteiger partial charge in [0.25, 0.3) is 0 Å². The Hall–Kier alpha value is -1.31. The standard InChI is InChI=1S/C9H10O2/c10-9(11)7-6-8-4-2-1-3-5-8/h1-5H,6-7H2,(H,10,11)/i1D,2D,3D,4D,5D,6D2. The van der Waals surface area contributed by atoms with Crippen LogP contribution in [0, 0.1) is 0 Å². The highest BCUT2D eigenvalue weighted by molar-refractivity contribution is 5.67. The van der Waals surface area contributed by atoms with Gasteiger partial charge in [-0.25, -0.2) is 0 Å². The quantitative estimate of drug-likeness (QED) is 0.725. The minimum atomic E-state index is -2.53. The Kier molecular flexibility index (Phi) is 0.898. The summed E-state index contributed by atoms with van der Waals surface area (Å²) in [7, 11) is 0. The molecule has 1 aromatic rings. The molecule has 1 N–H and O–H groups in total. The summed E-state index contributed by atoms with van der Waals surface area (Å²) in [6, 6.07) is -3.43. The Morgan fingerprint density at radius 3 is 2.73 bits per heavy atom. The fraction of sp³-hybridized carbons (Fsp3) is 0.222. The summed E-state index contributed by atoms with van der Waals surface area (Å²) >= 11 is 0. The van der Waals surface area contributed by atoms with E-state index in [4.69, 9.17) is 14.7 Å². The molecule has 0 aromatic heterocycles. The van der Waals surface area contributed by atoms with Crippen LogP contribution >= 0.6 is 0 Å². The fourth-order valence-electron chi connectivity index (χ4n) is 0.502. The molecule has 0 unspecified atom stereocenters. The third-order valence-electron chi connectivity index (χ3n) is 0.916. The van der Waals surface area contributed by atoms with Crippen molar-refractivity contribution in [3.05, 3.63) is 35.8 Å². The highest BCUT2D eigenvalue weighted by atomic mass is 16.4. The lowest BCUT2D eigenvalue weighted by molar-refractivity contribution is -0.136. The van der Waals surface area contributed by atoms with Crippen LogP contribution in [0.3, 0.4) is 0 Å². The van der Waals surface area contributed by atoms with Gasteiger partial charge < -0.3 is 5.11 Å². The zero-order valence-corrected chi connectivity index (χ0v) is 5.56. The third kappa shape index (κ3) is 2.85. The molecule has 2 nitrogen and oxygen atoms in total. The number of carbonyl (C=O) groups is 1. The summed E-state index contributed by atoms with van der Waals surface area (Å²) in [5.41, 5.74) is -0.629. The van der Waals surface area contributed by atoms with Gasteiger partial charge in [0, 0.05) is 9.16 Å². The molecular weight excluding hydrogens is 140 g/mol. The van der Waals surface area contributed by atoms with Crippen molar-refractivity contribution in [2.75, 3.05) is 0 Å². The van der Waals surface area contributed by atoms with Gasteiger partial charge in [0.05, 0.1) is 6.85 Å². The van der Waals surface area contributed by atoms with Crippen LogP contribution in [-0.2, 0) is 11.2 Å². The van der Waals surface area contributed by atoms with Crippen molar-refractivity contribution < 1.29 is 19.5 Å². The van der Waals surface area contributed by atoms with E-state index in [2.05, 4.69) is 0 Å². The molecule has 0 atom stereocenters. The molecule has 0 saturated carbocycles. The van der Waals surface area contributed by atoms with Crippen molar-refractivity contribution in [3.8, 4) is 0 Å². The van der Waals surface area contributed by atoms with E-state index in [0.29, 0.717) is 0 Å². The van der Waals surface area contributed by atoms with E-state index in [9.17, 15) is 4.79 Å². The van der Waals surface area contributed by atoms with Gasteiger partial charge in [-0.3, -0.25) is 4.79 Å². The normalized spacial score (nSPS) is 19.8. The Labute approximate surface area is 75.3 Å². The lowest BCUT2D eigenvalue weighted by Gasteiger charge is -1.95. The van der Waals surface area contributed by atoms with Gasteiger partial charge in [-0.05, 0) is 11.9 Å². The van der Waals surface area contributed by atoms with Crippen molar-refractivity contribution in [3.63, 3.8) is 0 Å². The van der Waals surface area contributed by atoms with Crippen molar-refractivity contribution in [1.82, 2.24) is 0 Å². The van der Waals surface area contributed by atoms with E-state index in [1.807, 2.05) is 0 Å². The average molecular weight is 157 g/mol. The van der Waals surface area contributed by atoms with Gasteiger partial charge in [-0.2, -0.15) is 0 Å². The first kappa shape index (κ1) is 2.63. The smallest absolute Gasteiger partial charge is 0.303 e. The SMILES string of the molecule is [2H]c1c([2H])c([2H])c(C([2H])([2H])CC(=O)O)c([2H])c1[2H]. The molecule has 0 amide bonds. The molecule has 1 aromatic carbocycles. The van der Waals surface area contributed by atoms with Crippen molar-refractivity contribution in [1.29, 1.82) is 0 Å². The molecule has 0 radical (unpaired) electrons. The Balaban J connectivity index is 3.55. The number of carboxylic acids is 1. The lowest BCUT2D eigenvalue weighted by atomic mass is 10.1. The van der Waals surface area contributed by atoms with E-state index in [1.165, 1.54) is 0 Å². The molecule has 0 spiro atoms. The van der Waals surface area contributed by atoms with Crippen LogP contribution < -0.4 is 0 Å². The number of hydrogen-bond donors (Lipinski definition) is 1. The molecule has 1 rings (SSSR count). The fourth-order valence-corrected chi connectivity index (χ4v) is 0.502. The van der Waals surface area contributed by atoms with Gasteiger partial charge in [-0.15, -0.1) is 0 Å². The summed E-state index contributed by atoms with van der Waals surface area (Å²) in [5, 5.41) is 8.59. The maximum atomic E-state index is 10.6. The van der Waals surface area contributed by atoms with Crippen LogP contribution in [0.1, 0.15) is 21.6 Å². The third-order valence-corrected chi connectivity index (χ3v) is 0.916. The summed E-state index contributed by atoms with van der Waals surface area (Å²) in [6.07, 6.45) is -3.50. The largest absolute Gasteiger partial charge is 0.481 e. The predicted molar refractivity (Wildman–Crippen MR) is 42.4 cm³/mol. The number of aliphatic carboxylic acids is 1. The van der Waals surface area contributed by atoms with E-state index in [1.54, 1.807) is 0 Å². The van der Waals surface area contributed by atoms with Crippen LogP contribution in [0.2, 0.25) is 0 Å². The maximum Gasteiger partial charge on any atom is 0.303 e. The zero-order chi connectivity index (χ0) is 14.2. The Bertz CT molecular complexity index is 483. The topological polar surface area (TPSA) is 37.3 Å². The molecule has 0 aliphatic rings. The van der Waals surface area contributed by atoms with Gasteiger partial charge in [0.1, 0.15) is 0 Å². The number of carboxylic acid groups (broad SMARTS) is 1. The summed E-state index contributed by atoms with van der Waals surface area (Å²) in [6.45, 7) is 0.